The fraction of sp³-hybridized carbons (Fsp3) is 0.273. The highest BCUT2D eigenvalue weighted by molar-refractivity contribution is 6.28. The lowest BCUT2D eigenvalue weighted by Gasteiger charge is -2.23. The molecule has 0 radical (unpaired) electrons. The van der Waals surface area contributed by atoms with Crippen LogP contribution in [0.3, 0.4) is 0 Å². The predicted octanol–water partition coefficient (Wildman–Crippen LogP) is 4.47. The molecule has 8 heteroatoms. The highest BCUT2D eigenvalue weighted by Crippen LogP contribution is 2.31. The average molecular weight is 422 g/mol. The zero-order valence-electron chi connectivity index (χ0n) is 16.2. The molecular weight excluding hydrogens is 402 g/mol. The second-order valence-corrected chi connectivity index (χ2v) is 7.53. The molecule has 1 aromatic carbocycles. The number of fused-ring (bicyclic) bond motifs is 1. The van der Waals surface area contributed by atoms with E-state index in [0.717, 1.165) is 42.8 Å². The van der Waals surface area contributed by atoms with Crippen LogP contribution < -0.4 is 4.74 Å². The van der Waals surface area contributed by atoms with Gasteiger partial charge in [-0.25, -0.2) is 9.97 Å². The number of imidazole rings is 1. The van der Waals surface area contributed by atoms with E-state index >= 15 is 0 Å². The van der Waals surface area contributed by atoms with Crippen LogP contribution in [0.25, 0.3) is 22.4 Å². The maximum atomic E-state index is 6.28. The topological polar surface area (TPSA) is 75.0 Å². The van der Waals surface area contributed by atoms with Crippen LogP contribution in [0.2, 0.25) is 5.28 Å². The molecule has 4 aromatic rings. The van der Waals surface area contributed by atoms with Gasteiger partial charge in [0.15, 0.2) is 5.65 Å². The summed E-state index contributed by atoms with van der Waals surface area (Å²) in [6.45, 7) is 1.94. The summed E-state index contributed by atoms with van der Waals surface area (Å²) in [5.41, 5.74) is 3.95. The van der Waals surface area contributed by atoms with E-state index < -0.39 is 0 Å². The van der Waals surface area contributed by atoms with Crippen LogP contribution in [0.15, 0.2) is 55.1 Å². The van der Waals surface area contributed by atoms with E-state index in [0.29, 0.717) is 29.6 Å². The smallest absolute Gasteiger partial charge is 0.225 e. The minimum atomic E-state index is 0.182. The van der Waals surface area contributed by atoms with Gasteiger partial charge in [-0.1, -0.05) is 30.3 Å². The van der Waals surface area contributed by atoms with Gasteiger partial charge in [-0.15, -0.1) is 0 Å². The lowest BCUT2D eigenvalue weighted by molar-refractivity contribution is 0.0704. The summed E-state index contributed by atoms with van der Waals surface area (Å²) >= 11 is 6.28. The minimum Gasteiger partial charge on any atom is -0.487 e. The molecule has 152 valence electrons. The summed E-state index contributed by atoms with van der Waals surface area (Å²) in [6.07, 6.45) is 7.09. The normalized spacial score (nSPS) is 14.8. The van der Waals surface area contributed by atoms with Gasteiger partial charge < -0.3 is 14.0 Å². The third-order valence-electron chi connectivity index (χ3n) is 5.21. The minimum absolute atomic E-state index is 0.182. The Hall–Kier alpha value is -3.03. The Morgan fingerprint density at radius 2 is 1.93 bits per heavy atom. The fourth-order valence-electron chi connectivity index (χ4n) is 3.69. The lowest BCUT2D eigenvalue weighted by atomic mass is 10.1. The molecule has 0 spiro atoms. The molecule has 3 aromatic heterocycles. The summed E-state index contributed by atoms with van der Waals surface area (Å²) in [4.78, 5) is 17.8. The Bertz CT molecular complexity index is 1160. The quantitative estimate of drug-likeness (QED) is 0.442. The van der Waals surface area contributed by atoms with Crippen molar-refractivity contribution in [3.8, 4) is 17.0 Å². The van der Waals surface area contributed by atoms with Gasteiger partial charge in [-0.2, -0.15) is 4.98 Å². The van der Waals surface area contributed by atoms with Gasteiger partial charge in [0.25, 0.3) is 0 Å². The number of ether oxygens (including phenoxy) is 2. The van der Waals surface area contributed by atoms with Crippen molar-refractivity contribution in [2.24, 2.45) is 0 Å². The summed E-state index contributed by atoms with van der Waals surface area (Å²) in [5, 5.41) is 0.182. The van der Waals surface area contributed by atoms with E-state index in [1.165, 1.54) is 0 Å². The van der Waals surface area contributed by atoms with Crippen LogP contribution in [-0.4, -0.2) is 37.7 Å². The Morgan fingerprint density at radius 1 is 1.10 bits per heavy atom. The van der Waals surface area contributed by atoms with Crippen LogP contribution in [0, 0.1) is 0 Å². The SMILES string of the molecule is Clc1nc(-c2cncc(OCc3ccccc3)c2)c2ncn(C3CCOCC3)c2n1. The number of aromatic nitrogens is 5. The van der Waals surface area contributed by atoms with E-state index in [1.807, 2.05) is 42.7 Å². The highest BCUT2D eigenvalue weighted by Gasteiger charge is 2.21. The molecule has 0 aliphatic carbocycles. The maximum Gasteiger partial charge on any atom is 0.225 e. The second-order valence-electron chi connectivity index (χ2n) is 7.19. The van der Waals surface area contributed by atoms with Crippen molar-refractivity contribution in [1.82, 2.24) is 24.5 Å². The number of hydrogen-bond acceptors (Lipinski definition) is 6. The van der Waals surface area contributed by atoms with Crippen molar-refractivity contribution in [1.29, 1.82) is 0 Å². The molecule has 0 atom stereocenters. The average Bonchev–Trinajstić information content (AvgIpc) is 3.22. The predicted molar refractivity (Wildman–Crippen MR) is 113 cm³/mol. The van der Waals surface area contributed by atoms with Crippen molar-refractivity contribution in [3.05, 3.63) is 66.0 Å². The number of hydrogen-bond donors (Lipinski definition) is 0. The first-order valence-corrected chi connectivity index (χ1v) is 10.3. The Morgan fingerprint density at radius 3 is 2.77 bits per heavy atom. The molecule has 4 heterocycles. The molecule has 1 aliphatic heterocycles. The first kappa shape index (κ1) is 19.0. The van der Waals surface area contributed by atoms with Crippen LogP contribution in [0.5, 0.6) is 5.75 Å². The molecule has 5 rings (SSSR count). The van der Waals surface area contributed by atoms with Gasteiger partial charge in [0, 0.05) is 31.0 Å². The lowest BCUT2D eigenvalue weighted by Crippen LogP contribution is -2.19. The zero-order valence-corrected chi connectivity index (χ0v) is 17.0. The Kier molecular flexibility index (Phi) is 5.29. The Labute approximate surface area is 178 Å². The van der Waals surface area contributed by atoms with Gasteiger partial charge in [0.2, 0.25) is 5.28 Å². The number of pyridine rings is 1. The summed E-state index contributed by atoms with van der Waals surface area (Å²) < 4.78 is 13.5. The van der Waals surface area contributed by atoms with Crippen LogP contribution >= 0.6 is 11.6 Å². The number of benzene rings is 1. The molecule has 7 nitrogen and oxygen atoms in total. The molecular formula is C22H20ClN5O2. The van der Waals surface area contributed by atoms with Crippen molar-refractivity contribution >= 4 is 22.8 Å². The highest BCUT2D eigenvalue weighted by atomic mass is 35.5. The first-order chi connectivity index (χ1) is 14.8. The molecule has 0 amide bonds. The molecule has 0 unspecified atom stereocenters. The molecule has 1 fully saturated rings. The monoisotopic (exact) mass is 421 g/mol. The number of halogens is 1. The number of nitrogens with zero attached hydrogens (tertiary/aromatic N) is 5. The van der Waals surface area contributed by atoms with E-state index in [9.17, 15) is 0 Å². The van der Waals surface area contributed by atoms with Gasteiger partial charge in [-0.05, 0) is 36.1 Å². The van der Waals surface area contributed by atoms with Gasteiger partial charge in [0.05, 0.1) is 12.5 Å². The molecule has 0 bridgehead atoms. The van der Waals surface area contributed by atoms with Crippen LogP contribution in [0.4, 0.5) is 0 Å². The zero-order chi connectivity index (χ0) is 20.3. The second kappa shape index (κ2) is 8.38. The van der Waals surface area contributed by atoms with Crippen molar-refractivity contribution in [3.63, 3.8) is 0 Å². The molecule has 1 aliphatic rings. The van der Waals surface area contributed by atoms with Crippen molar-refractivity contribution in [2.75, 3.05) is 13.2 Å². The molecule has 1 saturated heterocycles. The summed E-state index contributed by atoms with van der Waals surface area (Å²) in [6, 6.07) is 12.2. The fourth-order valence-corrected chi connectivity index (χ4v) is 3.85. The van der Waals surface area contributed by atoms with Crippen LogP contribution in [-0.2, 0) is 11.3 Å². The largest absolute Gasteiger partial charge is 0.487 e. The molecule has 0 N–H and O–H groups in total. The summed E-state index contributed by atoms with van der Waals surface area (Å²) in [7, 11) is 0. The van der Waals surface area contributed by atoms with E-state index in [-0.39, 0.29) is 5.28 Å². The number of rotatable bonds is 5. The summed E-state index contributed by atoms with van der Waals surface area (Å²) in [5.74, 6) is 0.656. The first-order valence-electron chi connectivity index (χ1n) is 9.88. The van der Waals surface area contributed by atoms with Gasteiger partial charge in [0.1, 0.15) is 23.6 Å². The van der Waals surface area contributed by atoms with Gasteiger partial charge >= 0.3 is 0 Å². The molecule has 30 heavy (non-hydrogen) atoms. The molecule has 0 saturated carbocycles. The van der Waals surface area contributed by atoms with E-state index in [4.69, 9.17) is 21.1 Å². The third-order valence-corrected chi connectivity index (χ3v) is 5.38. The Balaban J connectivity index is 1.48. The van der Waals surface area contributed by atoms with E-state index in [1.54, 1.807) is 12.4 Å². The third kappa shape index (κ3) is 3.86. The van der Waals surface area contributed by atoms with Crippen molar-refractivity contribution in [2.45, 2.75) is 25.5 Å². The van der Waals surface area contributed by atoms with E-state index in [2.05, 4.69) is 24.5 Å². The standard InChI is InChI=1S/C22H20ClN5O2/c23-22-26-19(20-21(27-22)28(14-25-20)17-6-8-29-9-7-17)16-10-18(12-24-11-16)30-13-15-4-2-1-3-5-15/h1-5,10-12,14,17H,6-9,13H2. The van der Waals surface area contributed by atoms with Gasteiger partial charge in [-0.3, -0.25) is 4.98 Å². The maximum absolute atomic E-state index is 6.28. The van der Waals surface area contributed by atoms with Crippen LogP contribution in [0.1, 0.15) is 24.4 Å². The van der Waals surface area contributed by atoms with Crippen molar-refractivity contribution < 1.29 is 9.47 Å².